The molecule has 0 aliphatic carbocycles. The van der Waals surface area contributed by atoms with E-state index in [-0.39, 0.29) is 18.8 Å². The summed E-state index contributed by atoms with van der Waals surface area (Å²) in [5, 5.41) is 6.12. The van der Waals surface area contributed by atoms with E-state index >= 15 is 0 Å². The molecule has 0 radical (unpaired) electrons. The second-order valence-corrected chi connectivity index (χ2v) is 5.89. The Labute approximate surface area is 148 Å². The number of anilines is 2. The molecule has 3 rings (SSSR count). The van der Waals surface area contributed by atoms with Crippen molar-refractivity contribution in [2.45, 2.75) is 6.10 Å². The third-order valence-corrected chi connectivity index (χ3v) is 4.23. The van der Waals surface area contributed by atoms with Gasteiger partial charge in [0.1, 0.15) is 18.5 Å². The third kappa shape index (κ3) is 3.58. The summed E-state index contributed by atoms with van der Waals surface area (Å²) in [6.07, 6.45) is -1.55. The summed E-state index contributed by atoms with van der Waals surface area (Å²) in [7, 11) is 1.68. The molecule has 1 aromatic carbocycles. The molecule has 134 valence electrons. The first kappa shape index (κ1) is 17.2. The minimum absolute atomic E-state index is 0.122. The molecule has 2 amide bonds. The lowest BCUT2D eigenvalue weighted by atomic mass is 10.2. The van der Waals surface area contributed by atoms with Crippen molar-refractivity contribution in [2.75, 3.05) is 43.1 Å². The largest absolute Gasteiger partial charge is 0.447 e. The number of carbonyl (C=O) groups is 2. The maximum absolute atomic E-state index is 14.4. The maximum Gasteiger partial charge on any atom is 0.414 e. The van der Waals surface area contributed by atoms with Crippen molar-refractivity contribution in [1.29, 1.82) is 0 Å². The van der Waals surface area contributed by atoms with Crippen molar-refractivity contribution < 1.29 is 23.5 Å². The van der Waals surface area contributed by atoms with E-state index in [0.29, 0.717) is 23.9 Å². The second kappa shape index (κ2) is 7.09. The average molecular weight is 368 g/mol. The summed E-state index contributed by atoms with van der Waals surface area (Å²) in [5.41, 5.74) is 0.480. The van der Waals surface area contributed by atoms with Gasteiger partial charge in [0.15, 0.2) is 5.11 Å². The van der Waals surface area contributed by atoms with Crippen molar-refractivity contribution in [2.24, 2.45) is 0 Å². The van der Waals surface area contributed by atoms with E-state index in [0.717, 1.165) is 0 Å². The molecule has 1 aromatic rings. The van der Waals surface area contributed by atoms with E-state index in [4.69, 9.17) is 21.7 Å². The zero-order valence-corrected chi connectivity index (χ0v) is 14.3. The molecule has 2 heterocycles. The maximum atomic E-state index is 14.4. The van der Waals surface area contributed by atoms with Crippen LogP contribution in [0.5, 0.6) is 0 Å². The molecule has 2 N–H and O–H groups in total. The quantitative estimate of drug-likeness (QED) is 0.773. The predicted octanol–water partition coefficient (Wildman–Crippen LogP) is 1.20. The van der Waals surface area contributed by atoms with Gasteiger partial charge in [-0.3, -0.25) is 9.80 Å². The monoisotopic (exact) mass is 368 g/mol. The Morgan fingerprint density at radius 2 is 2.16 bits per heavy atom. The summed E-state index contributed by atoms with van der Waals surface area (Å²) in [5.74, 6) is -0.609. The number of ether oxygens (including phenoxy) is 2. The molecule has 0 unspecified atom stereocenters. The van der Waals surface area contributed by atoms with Gasteiger partial charge < -0.3 is 20.1 Å². The van der Waals surface area contributed by atoms with Gasteiger partial charge in [0.25, 0.3) is 0 Å². The lowest BCUT2D eigenvalue weighted by Gasteiger charge is -2.17. The van der Waals surface area contributed by atoms with Crippen LogP contribution in [-0.4, -0.2) is 56.7 Å². The lowest BCUT2D eigenvalue weighted by molar-refractivity contribution is 0.143. The number of benzene rings is 1. The zero-order chi connectivity index (χ0) is 18.0. The van der Waals surface area contributed by atoms with Gasteiger partial charge in [-0.15, -0.1) is 0 Å². The van der Waals surface area contributed by atoms with E-state index in [1.54, 1.807) is 13.1 Å². The number of amides is 2. The lowest BCUT2D eigenvalue weighted by Crippen LogP contribution is -2.39. The summed E-state index contributed by atoms with van der Waals surface area (Å²) in [6, 6.07) is 4.22. The Kier molecular flexibility index (Phi) is 4.88. The minimum Gasteiger partial charge on any atom is -0.447 e. The number of hydrogen-bond acceptors (Lipinski definition) is 5. The van der Waals surface area contributed by atoms with Crippen molar-refractivity contribution >= 4 is 40.9 Å². The summed E-state index contributed by atoms with van der Waals surface area (Å²) in [6.45, 7) is 1.13. The van der Waals surface area contributed by atoms with E-state index < -0.39 is 24.1 Å². The Bertz CT molecular complexity index is 717. The SMILES string of the molecule is CNC(=S)NC[C@H]1CN(c2ccc(N3CCOC3=O)c(F)c2)C(=O)O1. The highest BCUT2D eigenvalue weighted by atomic mass is 32.1. The van der Waals surface area contributed by atoms with Gasteiger partial charge in [-0.1, -0.05) is 0 Å². The molecule has 0 saturated carbocycles. The summed E-state index contributed by atoms with van der Waals surface area (Å²) in [4.78, 5) is 26.1. The van der Waals surface area contributed by atoms with Gasteiger partial charge in [-0.25, -0.2) is 14.0 Å². The Hall–Kier alpha value is -2.62. The van der Waals surface area contributed by atoms with Crippen molar-refractivity contribution in [3.05, 3.63) is 24.0 Å². The highest BCUT2D eigenvalue weighted by Crippen LogP contribution is 2.29. The first-order chi connectivity index (χ1) is 12.0. The number of nitrogens with one attached hydrogen (secondary N) is 2. The van der Waals surface area contributed by atoms with Crippen LogP contribution in [0, 0.1) is 5.82 Å². The number of rotatable bonds is 4. The molecule has 2 aliphatic heterocycles. The van der Waals surface area contributed by atoms with E-state index in [9.17, 15) is 14.0 Å². The molecule has 2 aliphatic rings. The van der Waals surface area contributed by atoms with Crippen LogP contribution >= 0.6 is 12.2 Å². The van der Waals surface area contributed by atoms with Gasteiger partial charge in [0, 0.05) is 7.05 Å². The number of carbonyl (C=O) groups excluding carboxylic acids is 2. The number of thiocarbonyl (C=S) groups is 1. The minimum atomic E-state index is -0.609. The molecular weight excluding hydrogens is 351 g/mol. The second-order valence-electron chi connectivity index (χ2n) is 5.48. The Morgan fingerprint density at radius 1 is 1.36 bits per heavy atom. The molecule has 8 nitrogen and oxygen atoms in total. The Morgan fingerprint density at radius 3 is 2.80 bits per heavy atom. The highest BCUT2D eigenvalue weighted by molar-refractivity contribution is 7.80. The van der Waals surface area contributed by atoms with Crippen LogP contribution in [0.2, 0.25) is 0 Å². The molecule has 2 fully saturated rings. The molecule has 10 heteroatoms. The van der Waals surface area contributed by atoms with Gasteiger partial charge in [0.05, 0.1) is 31.0 Å². The van der Waals surface area contributed by atoms with Crippen LogP contribution in [0.3, 0.4) is 0 Å². The zero-order valence-electron chi connectivity index (χ0n) is 13.5. The normalized spacial score (nSPS) is 19.7. The first-order valence-electron chi connectivity index (χ1n) is 7.67. The molecule has 0 bridgehead atoms. The van der Waals surface area contributed by atoms with Crippen molar-refractivity contribution in [3.63, 3.8) is 0 Å². The van der Waals surface area contributed by atoms with Gasteiger partial charge in [-0.2, -0.15) is 0 Å². The molecule has 2 saturated heterocycles. The van der Waals surface area contributed by atoms with E-state index in [1.807, 2.05) is 0 Å². The first-order valence-corrected chi connectivity index (χ1v) is 8.08. The molecular formula is C15H17FN4O4S. The fourth-order valence-electron chi connectivity index (χ4n) is 2.63. The standard InChI is InChI=1S/C15H17FN4O4S/c1-17-13(25)18-7-10-8-20(15(22)24-10)9-2-3-12(11(16)6-9)19-4-5-23-14(19)21/h2-3,6,10H,4-5,7-8H2,1H3,(H2,17,18,25)/t10-/m0/s1. The smallest absolute Gasteiger partial charge is 0.414 e. The number of halogens is 1. The number of hydrogen-bond donors (Lipinski definition) is 2. The summed E-state index contributed by atoms with van der Waals surface area (Å²) >= 11 is 4.97. The fourth-order valence-corrected chi connectivity index (χ4v) is 2.71. The highest BCUT2D eigenvalue weighted by Gasteiger charge is 2.33. The van der Waals surface area contributed by atoms with Crippen LogP contribution in [0.25, 0.3) is 0 Å². The van der Waals surface area contributed by atoms with Crippen molar-refractivity contribution in [1.82, 2.24) is 10.6 Å². The summed E-state index contributed by atoms with van der Waals surface area (Å²) < 4.78 is 24.4. The average Bonchev–Trinajstić information content (AvgIpc) is 3.18. The fraction of sp³-hybridized carbons (Fsp3) is 0.400. The van der Waals surface area contributed by atoms with Gasteiger partial charge >= 0.3 is 12.2 Å². The molecule has 0 spiro atoms. The third-order valence-electron chi connectivity index (χ3n) is 3.89. The van der Waals surface area contributed by atoms with Crippen molar-refractivity contribution in [3.8, 4) is 0 Å². The van der Waals surface area contributed by atoms with Gasteiger partial charge in [-0.05, 0) is 30.4 Å². The van der Waals surface area contributed by atoms with Crippen LogP contribution in [0.4, 0.5) is 25.4 Å². The van der Waals surface area contributed by atoms with Crippen LogP contribution < -0.4 is 20.4 Å². The van der Waals surface area contributed by atoms with Crippen LogP contribution in [-0.2, 0) is 9.47 Å². The van der Waals surface area contributed by atoms with E-state index in [1.165, 1.54) is 21.9 Å². The Balaban J connectivity index is 1.69. The van der Waals surface area contributed by atoms with Crippen LogP contribution in [0.1, 0.15) is 0 Å². The predicted molar refractivity (Wildman–Crippen MR) is 92.4 cm³/mol. The van der Waals surface area contributed by atoms with Gasteiger partial charge in [0.2, 0.25) is 0 Å². The molecule has 0 aromatic heterocycles. The molecule has 25 heavy (non-hydrogen) atoms. The topological polar surface area (TPSA) is 83.1 Å². The number of nitrogens with zero attached hydrogens (tertiary/aromatic N) is 2. The van der Waals surface area contributed by atoms with E-state index in [2.05, 4.69) is 10.6 Å². The van der Waals surface area contributed by atoms with Crippen LogP contribution in [0.15, 0.2) is 18.2 Å². The number of cyclic esters (lactones) is 2. The molecule has 1 atom stereocenters.